The first kappa shape index (κ1) is 12.6. The van der Waals surface area contributed by atoms with Gasteiger partial charge in [0.15, 0.2) is 0 Å². The van der Waals surface area contributed by atoms with E-state index >= 15 is 0 Å². The summed E-state index contributed by atoms with van der Waals surface area (Å²) < 4.78 is 12.9. The van der Waals surface area contributed by atoms with Crippen LogP contribution in [0.25, 0.3) is 11.1 Å². The van der Waals surface area contributed by atoms with Crippen LogP contribution in [-0.4, -0.2) is 6.54 Å². The van der Waals surface area contributed by atoms with Crippen LogP contribution < -0.4 is 4.84 Å². The smallest absolute Gasteiger partial charge is 0.123 e. The van der Waals surface area contributed by atoms with Crippen molar-refractivity contribution < 1.29 is 4.39 Å². The van der Waals surface area contributed by atoms with Gasteiger partial charge in [-0.3, -0.25) is 0 Å². The quantitative estimate of drug-likeness (QED) is 0.819. The van der Waals surface area contributed by atoms with Crippen LogP contribution in [-0.2, 0) is 0 Å². The summed E-state index contributed by atoms with van der Waals surface area (Å²) in [6.45, 7) is 0.867. The van der Waals surface area contributed by atoms with Crippen LogP contribution in [0.1, 0.15) is 17.9 Å². The van der Waals surface area contributed by atoms with Crippen LogP contribution in [0.5, 0.6) is 0 Å². The van der Waals surface area contributed by atoms with Crippen LogP contribution in [0.4, 0.5) is 4.39 Å². The molecule has 0 bridgehead atoms. The molecule has 0 saturated heterocycles. The Hall–Kier alpha value is -1.38. The molecular formula is C16H15ClFN. The minimum Gasteiger partial charge on any atom is -0.233 e. The molecule has 2 aromatic rings. The molecule has 0 amide bonds. The van der Waals surface area contributed by atoms with Gasteiger partial charge in [-0.15, -0.1) is 0 Å². The summed E-state index contributed by atoms with van der Waals surface area (Å²) in [6, 6.07) is 15.1. The van der Waals surface area contributed by atoms with Gasteiger partial charge in [-0.2, -0.15) is 0 Å². The largest absolute Gasteiger partial charge is 0.233 e. The molecular weight excluding hydrogens is 261 g/mol. The van der Waals surface area contributed by atoms with Crippen LogP contribution in [0, 0.1) is 11.7 Å². The zero-order valence-corrected chi connectivity index (χ0v) is 11.2. The summed E-state index contributed by atoms with van der Waals surface area (Å²) in [4.78, 5) is 2.71. The van der Waals surface area contributed by atoms with Gasteiger partial charge >= 0.3 is 0 Å². The maximum atomic E-state index is 12.9. The second-order valence-electron chi connectivity index (χ2n) is 5.07. The molecule has 2 atom stereocenters. The van der Waals surface area contributed by atoms with Gasteiger partial charge in [0.1, 0.15) is 5.82 Å². The average molecular weight is 276 g/mol. The molecule has 2 unspecified atom stereocenters. The van der Waals surface area contributed by atoms with Crippen molar-refractivity contribution in [2.75, 3.05) is 6.54 Å². The van der Waals surface area contributed by atoms with Gasteiger partial charge in [0, 0.05) is 6.54 Å². The van der Waals surface area contributed by atoms with Crippen molar-refractivity contribution >= 4 is 11.8 Å². The Kier molecular flexibility index (Phi) is 3.54. The lowest BCUT2D eigenvalue weighted by Crippen LogP contribution is -2.03. The summed E-state index contributed by atoms with van der Waals surface area (Å²) in [7, 11) is 0. The van der Waals surface area contributed by atoms with Crippen molar-refractivity contribution in [2.45, 2.75) is 12.3 Å². The molecule has 0 spiro atoms. The van der Waals surface area contributed by atoms with E-state index in [9.17, 15) is 4.39 Å². The van der Waals surface area contributed by atoms with Crippen molar-refractivity contribution in [3.8, 4) is 11.1 Å². The number of halogens is 2. The highest BCUT2D eigenvalue weighted by molar-refractivity contribution is 6.13. The highest BCUT2D eigenvalue weighted by Gasteiger charge is 2.37. The summed E-state index contributed by atoms with van der Waals surface area (Å²) in [5.41, 5.74) is 3.53. The molecule has 1 N–H and O–H groups in total. The fourth-order valence-corrected chi connectivity index (χ4v) is 2.74. The van der Waals surface area contributed by atoms with Gasteiger partial charge < -0.3 is 0 Å². The Morgan fingerprint density at radius 2 is 1.58 bits per heavy atom. The van der Waals surface area contributed by atoms with Gasteiger partial charge in [0.05, 0.1) is 0 Å². The van der Waals surface area contributed by atoms with E-state index in [1.807, 2.05) is 12.1 Å². The van der Waals surface area contributed by atoms with E-state index < -0.39 is 0 Å². The molecule has 19 heavy (non-hydrogen) atoms. The van der Waals surface area contributed by atoms with Gasteiger partial charge in [-0.1, -0.05) is 36.4 Å². The molecule has 0 aromatic heterocycles. The lowest BCUT2D eigenvalue weighted by atomic mass is 10.0. The zero-order valence-electron chi connectivity index (χ0n) is 10.4. The van der Waals surface area contributed by atoms with Gasteiger partial charge in [-0.25, -0.2) is 9.23 Å². The number of hydrogen-bond donors (Lipinski definition) is 1. The molecule has 3 rings (SSSR count). The fraction of sp³-hybridized carbons (Fsp3) is 0.250. The standard InChI is InChI=1S/C16H15ClFN/c17-19-10-14-9-16(14)13-3-1-11(2-4-13)12-5-7-15(18)8-6-12/h1-8,14,16,19H,9-10H2. The molecule has 0 aliphatic heterocycles. The van der Waals surface area contributed by atoms with Crippen molar-refractivity contribution in [2.24, 2.45) is 5.92 Å². The van der Waals surface area contributed by atoms with E-state index in [1.165, 1.54) is 24.1 Å². The Labute approximate surface area is 117 Å². The second kappa shape index (κ2) is 5.32. The van der Waals surface area contributed by atoms with E-state index in [0.717, 1.165) is 17.7 Å². The first-order chi connectivity index (χ1) is 9.28. The lowest BCUT2D eigenvalue weighted by molar-refractivity contribution is 0.628. The molecule has 1 fully saturated rings. The predicted octanol–water partition coefficient (Wildman–Crippen LogP) is 4.34. The van der Waals surface area contributed by atoms with Crippen molar-refractivity contribution in [3.63, 3.8) is 0 Å². The van der Waals surface area contributed by atoms with E-state index in [2.05, 4.69) is 29.1 Å². The Morgan fingerprint density at radius 3 is 2.16 bits per heavy atom. The summed E-state index contributed by atoms with van der Waals surface area (Å²) >= 11 is 5.53. The topological polar surface area (TPSA) is 12.0 Å². The molecule has 1 aliphatic carbocycles. The Morgan fingerprint density at radius 1 is 1.00 bits per heavy atom. The Balaban J connectivity index is 1.74. The number of rotatable bonds is 4. The zero-order chi connectivity index (χ0) is 13.2. The summed E-state index contributed by atoms with van der Waals surface area (Å²) in [5, 5.41) is 0. The number of hydrogen-bond acceptors (Lipinski definition) is 1. The normalized spacial score (nSPS) is 21.4. The maximum absolute atomic E-state index is 12.9. The van der Waals surface area contributed by atoms with Gasteiger partial charge in [-0.05, 0) is 58.9 Å². The minimum absolute atomic E-state index is 0.199. The third-order valence-electron chi connectivity index (χ3n) is 3.78. The third-order valence-corrected chi connectivity index (χ3v) is 3.93. The molecule has 1 aliphatic rings. The molecule has 0 heterocycles. The summed E-state index contributed by atoms with van der Waals surface area (Å²) in [5.74, 6) is 1.09. The molecule has 1 saturated carbocycles. The van der Waals surface area contributed by atoms with Crippen LogP contribution in [0.2, 0.25) is 0 Å². The number of nitrogens with one attached hydrogen (secondary N) is 1. The third kappa shape index (κ3) is 2.80. The fourth-order valence-electron chi connectivity index (χ4n) is 2.55. The molecule has 1 nitrogen and oxygen atoms in total. The van der Waals surface area contributed by atoms with Gasteiger partial charge in [0.2, 0.25) is 0 Å². The second-order valence-corrected chi connectivity index (χ2v) is 5.34. The van der Waals surface area contributed by atoms with Crippen molar-refractivity contribution in [1.29, 1.82) is 0 Å². The van der Waals surface area contributed by atoms with Crippen molar-refractivity contribution in [1.82, 2.24) is 4.84 Å². The highest BCUT2D eigenvalue weighted by Crippen LogP contribution is 2.47. The monoisotopic (exact) mass is 275 g/mol. The van der Waals surface area contributed by atoms with Crippen molar-refractivity contribution in [3.05, 3.63) is 59.9 Å². The van der Waals surface area contributed by atoms with Crippen LogP contribution in [0.15, 0.2) is 48.5 Å². The number of benzene rings is 2. The SMILES string of the molecule is Fc1ccc(-c2ccc(C3CC3CNCl)cc2)cc1. The van der Waals surface area contributed by atoms with E-state index in [0.29, 0.717) is 11.8 Å². The van der Waals surface area contributed by atoms with E-state index in [4.69, 9.17) is 11.8 Å². The van der Waals surface area contributed by atoms with E-state index in [1.54, 1.807) is 0 Å². The highest BCUT2D eigenvalue weighted by atomic mass is 35.5. The van der Waals surface area contributed by atoms with Gasteiger partial charge in [0.25, 0.3) is 0 Å². The Bertz CT molecular complexity index is 550. The molecule has 98 valence electrons. The molecule has 3 heteroatoms. The van der Waals surface area contributed by atoms with Crippen LogP contribution in [0.3, 0.4) is 0 Å². The maximum Gasteiger partial charge on any atom is 0.123 e. The average Bonchev–Trinajstić information content (AvgIpc) is 3.20. The molecule has 0 radical (unpaired) electrons. The minimum atomic E-state index is -0.199. The summed E-state index contributed by atoms with van der Waals surface area (Å²) in [6.07, 6.45) is 1.20. The molecule has 2 aromatic carbocycles. The first-order valence-corrected chi connectivity index (χ1v) is 6.85. The van der Waals surface area contributed by atoms with Crippen LogP contribution >= 0.6 is 11.8 Å². The first-order valence-electron chi connectivity index (χ1n) is 6.47. The van der Waals surface area contributed by atoms with E-state index in [-0.39, 0.29) is 5.82 Å². The predicted molar refractivity (Wildman–Crippen MR) is 76.5 cm³/mol. The lowest BCUT2D eigenvalue weighted by Gasteiger charge is -2.04.